The van der Waals surface area contributed by atoms with Gasteiger partial charge in [-0.3, -0.25) is 0 Å². The number of rotatable bonds is 4. The Morgan fingerprint density at radius 3 is 2.32 bits per heavy atom. The van der Waals surface area contributed by atoms with E-state index in [1.54, 1.807) is 24.7 Å². The fourth-order valence-corrected chi connectivity index (χ4v) is 4.34. The van der Waals surface area contributed by atoms with Crippen molar-refractivity contribution in [1.29, 1.82) is 0 Å². The normalized spacial score (nSPS) is 16.4. The fraction of sp³-hybridized carbons (Fsp3) is 0.562. The van der Waals surface area contributed by atoms with Crippen LogP contribution in [-0.4, -0.2) is 58.4 Å². The number of anilines is 1. The van der Waals surface area contributed by atoms with Gasteiger partial charge in [0.1, 0.15) is 17.5 Å². The minimum absolute atomic E-state index is 0.118. The van der Waals surface area contributed by atoms with Gasteiger partial charge in [0.25, 0.3) is 10.0 Å². The smallest absolute Gasteiger partial charge is 0.262 e. The van der Waals surface area contributed by atoms with Crippen LogP contribution in [0.1, 0.15) is 24.3 Å². The lowest BCUT2D eigenvalue weighted by atomic mass is 10.3. The quantitative estimate of drug-likeness (QED) is 0.801. The third-order valence-electron chi connectivity index (χ3n) is 4.49. The Hall–Kier alpha value is -2.00. The zero-order valence-electron chi connectivity index (χ0n) is 15.1. The van der Waals surface area contributed by atoms with Crippen LogP contribution in [0.5, 0.6) is 0 Å². The summed E-state index contributed by atoms with van der Waals surface area (Å²) in [7, 11) is -1.75. The SMILES string of the molecule is CCc1cc(N2CCN(S(=O)(=O)c3cn(C)c(C)n3)CC2)nc(C)n1. The van der Waals surface area contributed by atoms with E-state index in [1.807, 2.05) is 13.0 Å². The molecule has 2 aromatic heterocycles. The molecule has 136 valence electrons. The molecule has 0 bridgehead atoms. The second kappa shape index (κ2) is 6.72. The molecule has 1 aliphatic heterocycles. The van der Waals surface area contributed by atoms with Crippen LogP contribution in [0.25, 0.3) is 0 Å². The van der Waals surface area contributed by atoms with E-state index in [9.17, 15) is 8.42 Å². The van der Waals surface area contributed by atoms with Crippen LogP contribution >= 0.6 is 0 Å². The van der Waals surface area contributed by atoms with E-state index < -0.39 is 10.0 Å². The highest BCUT2D eigenvalue weighted by molar-refractivity contribution is 7.89. The standard InChI is InChI=1S/C16H24N6O2S/c1-5-14-10-15(18-12(2)17-14)21-6-8-22(9-7-21)25(23,24)16-11-20(4)13(3)19-16/h10-11H,5-9H2,1-4H3. The number of hydrogen-bond donors (Lipinski definition) is 0. The largest absolute Gasteiger partial charge is 0.354 e. The first kappa shape index (κ1) is 17.8. The topological polar surface area (TPSA) is 84.2 Å². The Labute approximate surface area is 148 Å². The summed E-state index contributed by atoms with van der Waals surface area (Å²) >= 11 is 0. The van der Waals surface area contributed by atoms with Crippen molar-refractivity contribution >= 4 is 15.8 Å². The lowest BCUT2D eigenvalue weighted by Gasteiger charge is -2.34. The molecule has 0 spiro atoms. The number of nitrogens with zero attached hydrogens (tertiary/aromatic N) is 6. The van der Waals surface area contributed by atoms with Crippen LogP contribution in [0.3, 0.4) is 0 Å². The van der Waals surface area contributed by atoms with Gasteiger partial charge in [0.15, 0.2) is 5.03 Å². The third-order valence-corrected chi connectivity index (χ3v) is 6.26. The molecule has 3 heterocycles. The summed E-state index contributed by atoms with van der Waals surface area (Å²) in [6, 6.07) is 1.99. The first-order chi connectivity index (χ1) is 11.8. The zero-order valence-corrected chi connectivity index (χ0v) is 15.9. The number of aromatic nitrogens is 4. The van der Waals surface area contributed by atoms with Gasteiger partial charge in [-0.1, -0.05) is 6.92 Å². The molecular formula is C16H24N6O2S. The number of piperazine rings is 1. The molecule has 25 heavy (non-hydrogen) atoms. The number of hydrogen-bond acceptors (Lipinski definition) is 6. The summed E-state index contributed by atoms with van der Waals surface area (Å²) in [5.74, 6) is 2.30. The van der Waals surface area contributed by atoms with Crippen LogP contribution < -0.4 is 4.90 Å². The molecule has 0 N–H and O–H groups in total. The first-order valence-corrected chi connectivity index (χ1v) is 9.85. The Bertz CT molecular complexity index is 849. The molecule has 0 aromatic carbocycles. The monoisotopic (exact) mass is 364 g/mol. The lowest BCUT2D eigenvalue weighted by molar-refractivity contribution is 0.382. The van der Waals surface area contributed by atoms with Crippen molar-refractivity contribution in [2.24, 2.45) is 7.05 Å². The van der Waals surface area contributed by atoms with Crippen molar-refractivity contribution in [1.82, 2.24) is 23.8 Å². The molecule has 0 amide bonds. The maximum Gasteiger partial charge on any atom is 0.262 e. The highest BCUT2D eigenvalue weighted by Crippen LogP contribution is 2.20. The van der Waals surface area contributed by atoms with Gasteiger partial charge in [-0.2, -0.15) is 4.31 Å². The van der Waals surface area contributed by atoms with Gasteiger partial charge in [0, 0.05) is 51.2 Å². The number of imidazole rings is 1. The van der Waals surface area contributed by atoms with Gasteiger partial charge in [-0.15, -0.1) is 0 Å². The summed E-state index contributed by atoms with van der Waals surface area (Å²) in [5.41, 5.74) is 1.00. The second-order valence-electron chi connectivity index (χ2n) is 6.25. The fourth-order valence-electron chi connectivity index (χ4n) is 2.90. The van der Waals surface area contributed by atoms with E-state index in [4.69, 9.17) is 0 Å². The molecule has 0 unspecified atom stereocenters. The summed E-state index contributed by atoms with van der Waals surface area (Å²) < 4.78 is 28.7. The summed E-state index contributed by atoms with van der Waals surface area (Å²) in [4.78, 5) is 15.2. The Kier molecular flexibility index (Phi) is 4.79. The average Bonchev–Trinajstić information content (AvgIpc) is 2.94. The second-order valence-corrected chi connectivity index (χ2v) is 8.13. The van der Waals surface area contributed by atoms with Gasteiger partial charge >= 0.3 is 0 Å². The molecule has 2 aromatic rings. The summed E-state index contributed by atoms with van der Waals surface area (Å²) in [6.45, 7) is 7.78. The van der Waals surface area contributed by atoms with Gasteiger partial charge in [0.05, 0.1) is 0 Å². The Balaban J connectivity index is 1.74. The van der Waals surface area contributed by atoms with Gasteiger partial charge in [-0.05, 0) is 20.3 Å². The first-order valence-electron chi connectivity index (χ1n) is 8.41. The lowest BCUT2D eigenvalue weighted by Crippen LogP contribution is -2.49. The summed E-state index contributed by atoms with van der Waals surface area (Å²) in [6.07, 6.45) is 2.42. The van der Waals surface area contributed by atoms with Crippen molar-refractivity contribution < 1.29 is 8.42 Å². The highest BCUT2D eigenvalue weighted by atomic mass is 32.2. The van der Waals surface area contributed by atoms with Crippen molar-refractivity contribution in [3.8, 4) is 0 Å². The van der Waals surface area contributed by atoms with E-state index in [2.05, 4.69) is 26.8 Å². The van der Waals surface area contributed by atoms with Crippen molar-refractivity contribution in [3.05, 3.63) is 29.6 Å². The van der Waals surface area contributed by atoms with Gasteiger partial charge < -0.3 is 9.47 Å². The number of sulfonamides is 1. The molecule has 0 atom stereocenters. The number of aryl methyl sites for hydroxylation is 4. The van der Waals surface area contributed by atoms with Crippen molar-refractivity contribution in [2.75, 3.05) is 31.1 Å². The molecule has 0 saturated carbocycles. The van der Waals surface area contributed by atoms with Crippen LogP contribution in [0, 0.1) is 13.8 Å². The van der Waals surface area contributed by atoms with E-state index in [0.29, 0.717) is 32.0 Å². The minimum atomic E-state index is -3.55. The molecule has 1 saturated heterocycles. The van der Waals surface area contributed by atoms with Crippen LogP contribution in [-0.2, 0) is 23.5 Å². The maximum absolute atomic E-state index is 12.8. The Morgan fingerprint density at radius 1 is 1.08 bits per heavy atom. The molecule has 0 radical (unpaired) electrons. The van der Waals surface area contributed by atoms with Gasteiger partial charge in [-0.25, -0.2) is 23.4 Å². The Morgan fingerprint density at radius 2 is 1.76 bits per heavy atom. The van der Waals surface area contributed by atoms with Gasteiger partial charge in [0.2, 0.25) is 0 Å². The third kappa shape index (κ3) is 3.52. The summed E-state index contributed by atoms with van der Waals surface area (Å²) in [5, 5.41) is 0.118. The molecular weight excluding hydrogens is 340 g/mol. The molecule has 3 rings (SSSR count). The predicted octanol–water partition coefficient (Wildman–Crippen LogP) is 0.900. The average molecular weight is 364 g/mol. The minimum Gasteiger partial charge on any atom is -0.354 e. The highest BCUT2D eigenvalue weighted by Gasteiger charge is 2.31. The predicted molar refractivity (Wildman–Crippen MR) is 95.1 cm³/mol. The maximum atomic E-state index is 12.8. The molecule has 1 aliphatic rings. The van der Waals surface area contributed by atoms with Crippen LogP contribution in [0.15, 0.2) is 17.3 Å². The molecule has 8 nitrogen and oxygen atoms in total. The molecule has 9 heteroatoms. The van der Waals surface area contributed by atoms with Crippen molar-refractivity contribution in [2.45, 2.75) is 32.2 Å². The molecule has 0 aliphatic carbocycles. The van der Waals surface area contributed by atoms with E-state index in [1.165, 1.54) is 4.31 Å². The molecule has 1 fully saturated rings. The van der Waals surface area contributed by atoms with E-state index in [0.717, 1.165) is 23.8 Å². The van der Waals surface area contributed by atoms with E-state index in [-0.39, 0.29) is 5.03 Å². The zero-order chi connectivity index (χ0) is 18.2. The van der Waals surface area contributed by atoms with Crippen LogP contribution in [0.2, 0.25) is 0 Å². The van der Waals surface area contributed by atoms with Crippen LogP contribution in [0.4, 0.5) is 5.82 Å². The van der Waals surface area contributed by atoms with Crippen molar-refractivity contribution in [3.63, 3.8) is 0 Å². The van der Waals surface area contributed by atoms with E-state index >= 15 is 0 Å².